The molecule has 3 heterocycles. The molecular formula is C20H24B3ClFN5O2. The summed E-state index contributed by atoms with van der Waals surface area (Å²) < 4.78 is 26.6. The zero-order valence-corrected chi connectivity index (χ0v) is 19.4. The van der Waals surface area contributed by atoms with Gasteiger partial charge in [-0.25, -0.2) is 9.37 Å². The Kier molecular flexibility index (Phi) is 6.48. The van der Waals surface area contributed by atoms with Crippen molar-refractivity contribution in [2.75, 3.05) is 25.1 Å². The van der Waals surface area contributed by atoms with Crippen LogP contribution >= 0.6 is 11.6 Å². The maximum atomic E-state index is 13.5. The molecular weight excluding hydrogens is 429 g/mol. The lowest BCUT2D eigenvalue weighted by molar-refractivity contribution is 0.108. The number of nitrogens with zero attached hydrogens (tertiary/aromatic N) is 5. The van der Waals surface area contributed by atoms with Crippen LogP contribution in [-0.4, -0.2) is 68.8 Å². The SMILES string of the molecule is BC(B)(B)OCc1nnc(N2CCC(c3ccc(F)cc3Cl)C2)n1-c1ccc(OC)nc1. The number of rotatable bonds is 7. The highest BCUT2D eigenvalue weighted by Crippen LogP contribution is 2.35. The zero-order chi connectivity index (χ0) is 22.9. The molecule has 0 amide bonds. The molecule has 0 bridgehead atoms. The van der Waals surface area contributed by atoms with Crippen molar-refractivity contribution in [3.05, 3.63) is 58.8 Å². The van der Waals surface area contributed by atoms with Crippen LogP contribution in [0, 0.1) is 5.82 Å². The number of benzene rings is 1. The number of anilines is 1. The van der Waals surface area contributed by atoms with E-state index in [1.165, 1.54) is 12.1 Å². The van der Waals surface area contributed by atoms with Crippen LogP contribution in [0.2, 0.25) is 5.02 Å². The van der Waals surface area contributed by atoms with Crippen molar-refractivity contribution in [3.8, 4) is 11.6 Å². The normalized spacial score (nSPS) is 16.5. The predicted molar refractivity (Wildman–Crippen MR) is 130 cm³/mol. The number of hydrogen-bond donors (Lipinski definition) is 0. The smallest absolute Gasteiger partial charge is 0.232 e. The van der Waals surface area contributed by atoms with Crippen molar-refractivity contribution in [2.45, 2.75) is 24.2 Å². The predicted octanol–water partition coefficient (Wildman–Crippen LogP) is 0.484. The van der Waals surface area contributed by atoms with Gasteiger partial charge in [0, 0.05) is 30.1 Å². The van der Waals surface area contributed by atoms with E-state index in [0.29, 0.717) is 35.8 Å². The van der Waals surface area contributed by atoms with Crippen molar-refractivity contribution < 1.29 is 13.9 Å². The lowest BCUT2D eigenvalue weighted by Crippen LogP contribution is -2.34. The van der Waals surface area contributed by atoms with E-state index in [1.54, 1.807) is 25.4 Å². The summed E-state index contributed by atoms with van der Waals surface area (Å²) in [6.45, 7) is 1.79. The Hall–Kier alpha value is -2.52. The van der Waals surface area contributed by atoms with Crippen LogP contribution in [0.4, 0.5) is 10.3 Å². The largest absolute Gasteiger partial charge is 0.481 e. The summed E-state index contributed by atoms with van der Waals surface area (Å²) in [5.41, 5.74) is 1.77. The third kappa shape index (κ3) is 4.94. The van der Waals surface area contributed by atoms with Crippen molar-refractivity contribution in [1.29, 1.82) is 0 Å². The Balaban J connectivity index is 1.65. The van der Waals surface area contributed by atoms with E-state index in [9.17, 15) is 4.39 Å². The van der Waals surface area contributed by atoms with Gasteiger partial charge in [0.15, 0.2) is 5.82 Å². The monoisotopic (exact) mass is 453 g/mol. The summed E-state index contributed by atoms with van der Waals surface area (Å²) in [7, 11) is 7.59. The van der Waals surface area contributed by atoms with Gasteiger partial charge in [-0.3, -0.25) is 4.57 Å². The van der Waals surface area contributed by atoms with Crippen molar-refractivity contribution in [2.24, 2.45) is 0 Å². The third-order valence-electron chi connectivity index (χ3n) is 5.41. The second-order valence-corrected chi connectivity index (χ2v) is 9.22. The van der Waals surface area contributed by atoms with Gasteiger partial charge in [0.25, 0.3) is 0 Å². The number of ether oxygens (including phenoxy) is 2. The Morgan fingerprint density at radius 3 is 2.69 bits per heavy atom. The first-order chi connectivity index (χ1) is 15.2. The Morgan fingerprint density at radius 1 is 1.22 bits per heavy atom. The standard InChI is InChI=1S/C20H24B3ClFN5O2/c1-31-18-5-3-14(9-26-18)30-17(11-32-20(21,22)23)27-28-19(30)29-7-6-12(10-29)15-4-2-13(25)8-16(15)24/h2-5,8-9,12H,6-7,10-11,21-23H2,1H3. The van der Waals surface area contributed by atoms with Crippen LogP contribution in [0.25, 0.3) is 5.69 Å². The van der Waals surface area contributed by atoms with Crippen molar-refractivity contribution >= 4 is 41.1 Å². The molecule has 12 heteroatoms. The Labute approximate surface area is 194 Å². The fourth-order valence-electron chi connectivity index (χ4n) is 3.80. The summed E-state index contributed by atoms with van der Waals surface area (Å²) in [4.78, 5) is 6.51. The van der Waals surface area contributed by atoms with Gasteiger partial charge in [-0.1, -0.05) is 17.7 Å². The first-order valence-corrected chi connectivity index (χ1v) is 10.9. The van der Waals surface area contributed by atoms with Crippen LogP contribution in [0.1, 0.15) is 23.7 Å². The van der Waals surface area contributed by atoms with E-state index in [-0.39, 0.29) is 17.0 Å². The van der Waals surface area contributed by atoms with Gasteiger partial charge in [0.1, 0.15) is 36.0 Å². The molecule has 7 nitrogen and oxygen atoms in total. The second-order valence-electron chi connectivity index (χ2n) is 8.81. The van der Waals surface area contributed by atoms with Gasteiger partial charge in [0.2, 0.25) is 11.8 Å². The average Bonchev–Trinajstić information content (AvgIpc) is 3.39. The van der Waals surface area contributed by atoms with Crippen LogP contribution in [0.3, 0.4) is 0 Å². The molecule has 3 aromatic rings. The maximum Gasteiger partial charge on any atom is 0.232 e. The molecule has 0 saturated carbocycles. The Bertz CT molecular complexity index is 1090. The molecule has 1 unspecified atom stereocenters. The summed E-state index contributed by atoms with van der Waals surface area (Å²) in [5, 5.41) is 9.05. The second kappa shape index (κ2) is 9.15. The Morgan fingerprint density at radius 2 is 2.03 bits per heavy atom. The highest BCUT2D eigenvalue weighted by Gasteiger charge is 2.30. The fraction of sp³-hybridized carbons (Fsp3) is 0.350. The van der Waals surface area contributed by atoms with Crippen molar-refractivity contribution in [1.82, 2.24) is 19.7 Å². The third-order valence-corrected chi connectivity index (χ3v) is 5.74. The highest BCUT2D eigenvalue weighted by atomic mass is 35.5. The molecule has 1 atom stereocenters. The molecule has 0 N–H and O–H groups in total. The number of hydrogen-bond acceptors (Lipinski definition) is 6. The van der Waals surface area contributed by atoms with Gasteiger partial charge in [-0.2, -0.15) is 0 Å². The minimum atomic E-state index is -0.330. The number of methoxy groups -OCH3 is 1. The van der Waals surface area contributed by atoms with Gasteiger partial charge in [0.05, 0.1) is 19.0 Å². The fourth-order valence-corrected chi connectivity index (χ4v) is 4.13. The molecule has 1 saturated heterocycles. The van der Waals surface area contributed by atoms with Crippen LogP contribution < -0.4 is 9.64 Å². The molecule has 1 aliphatic rings. The lowest BCUT2D eigenvalue weighted by atomic mass is 9.52. The summed E-state index contributed by atoms with van der Waals surface area (Å²) >= 11 is 6.32. The quantitative estimate of drug-likeness (QED) is 0.486. The molecule has 0 radical (unpaired) electrons. The van der Waals surface area contributed by atoms with Gasteiger partial charge in [-0.15, -0.1) is 10.2 Å². The zero-order valence-electron chi connectivity index (χ0n) is 18.7. The molecule has 0 spiro atoms. The van der Waals surface area contributed by atoms with Crippen LogP contribution in [0.15, 0.2) is 36.5 Å². The van der Waals surface area contributed by atoms with E-state index < -0.39 is 0 Å². The topological polar surface area (TPSA) is 65.3 Å². The number of halogens is 2. The molecule has 32 heavy (non-hydrogen) atoms. The first-order valence-electron chi connectivity index (χ1n) is 10.5. The molecule has 1 aliphatic heterocycles. The summed E-state index contributed by atoms with van der Waals surface area (Å²) in [6, 6.07) is 8.32. The summed E-state index contributed by atoms with van der Waals surface area (Å²) in [5.74, 6) is 1.78. The number of pyridine rings is 1. The van der Waals surface area contributed by atoms with Crippen LogP contribution in [-0.2, 0) is 11.3 Å². The van der Waals surface area contributed by atoms with Crippen LogP contribution in [0.5, 0.6) is 5.88 Å². The first kappa shape index (κ1) is 22.7. The van der Waals surface area contributed by atoms with Gasteiger partial charge >= 0.3 is 0 Å². The van der Waals surface area contributed by atoms with E-state index in [4.69, 9.17) is 21.1 Å². The van der Waals surface area contributed by atoms with E-state index in [0.717, 1.165) is 24.2 Å². The molecule has 1 fully saturated rings. The number of aromatic nitrogens is 4. The highest BCUT2D eigenvalue weighted by molar-refractivity contribution is 6.58. The molecule has 0 aliphatic carbocycles. The molecule has 164 valence electrons. The minimum Gasteiger partial charge on any atom is -0.481 e. The maximum absolute atomic E-state index is 13.5. The summed E-state index contributed by atoms with van der Waals surface area (Å²) in [6.07, 6.45) is 2.61. The van der Waals surface area contributed by atoms with Gasteiger partial charge in [-0.05, 0) is 35.5 Å². The van der Waals surface area contributed by atoms with E-state index in [2.05, 4.69) is 20.1 Å². The lowest BCUT2D eigenvalue weighted by Gasteiger charge is -2.22. The molecule has 1 aromatic carbocycles. The molecule has 2 aromatic heterocycles. The average molecular weight is 453 g/mol. The van der Waals surface area contributed by atoms with E-state index in [1.807, 2.05) is 34.2 Å². The van der Waals surface area contributed by atoms with Crippen molar-refractivity contribution in [3.63, 3.8) is 0 Å². The van der Waals surface area contributed by atoms with Gasteiger partial charge < -0.3 is 14.4 Å². The minimum absolute atomic E-state index is 0.177. The molecule has 4 rings (SSSR count). The van der Waals surface area contributed by atoms with E-state index >= 15 is 0 Å².